The zero-order valence-electron chi connectivity index (χ0n) is 15.2. The van der Waals surface area contributed by atoms with E-state index in [1.165, 1.54) is 24.1 Å². The third-order valence-corrected chi connectivity index (χ3v) is 4.01. The summed E-state index contributed by atoms with van der Waals surface area (Å²) in [7, 11) is 1.67. The van der Waals surface area contributed by atoms with E-state index >= 15 is 0 Å². The van der Waals surface area contributed by atoms with Gasteiger partial charge in [-0.1, -0.05) is 17.7 Å². The van der Waals surface area contributed by atoms with Gasteiger partial charge in [-0.05, 0) is 26.0 Å². The fourth-order valence-electron chi connectivity index (χ4n) is 2.49. The van der Waals surface area contributed by atoms with E-state index in [4.69, 9.17) is 4.74 Å². The van der Waals surface area contributed by atoms with Crippen molar-refractivity contribution >= 4 is 28.6 Å². The molecule has 0 saturated carbocycles. The molecule has 140 valence electrons. The Bertz CT molecular complexity index is 1050. The lowest BCUT2D eigenvalue weighted by Gasteiger charge is -2.14. The molecule has 27 heavy (non-hydrogen) atoms. The summed E-state index contributed by atoms with van der Waals surface area (Å²) < 4.78 is 7.72. The number of nitrogens with one attached hydrogen (secondary N) is 1. The Hall–Kier alpha value is -3.49. The molecule has 0 radical (unpaired) electrons. The quantitative estimate of drug-likeness (QED) is 0.673. The molecule has 1 N–H and O–H groups in total. The highest BCUT2D eigenvalue weighted by Gasteiger charge is 2.19. The van der Waals surface area contributed by atoms with E-state index in [9.17, 15) is 14.4 Å². The number of esters is 1. The lowest BCUT2D eigenvalue weighted by atomic mass is 10.2. The maximum Gasteiger partial charge on any atom is 0.326 e. The van der Waals surface area contributed by atoms with Crippen LogP contribution in [0.25, 0.3) is 11.0 Å². The van der Waals surface area contributed by atoms with Crippen molar-refractivity contribution in [1.82, 2.24) is 19.3 Å². The number of rotatable bonds is 5. The number of carbonyl (C=O) groups is 2. The summed E-state index contributed by atoms with van der Waals surface area (Å²) in [6.45, 7) is 3.06. The SMILES string of the molecule is Cc1ccc(NC(=O)[C@H](C)OC(=O)Cn2cnc3c(cnn3C)c2=O)cc1. The molecule has 2 aromatic heterocycles. The van der Waals surface area contributed by atoms with E-state index in [-0.39, 0.29) is 6.54 Å². The minimum Gasteiger partial charge on any atom is -0.451 e. The number of amides is 1. The van der Waals surface area contributed by atoms with Gasteiger partial charge in [0.2, 0.25) is 0 Å². The van der Waals surface area contributed by atoms with Crippen LogP contribution < -0.4 is 10.9 Å². The highest BCUT2D eigenvalue weighted by atomic mass is 16.5. The summed E-state index contributed by atoms with van der Waals surface area (Å²) in [5.74, 6) is -1.17. The average molecular weight is 369 g/mol. The molecule has 9 heteroatoms. The van der Waals surface area contributed by atoms with Crippen LogP contribution in [0.15, 0.2) is 41.6 Å². The van der Waals surface area contributed by atoms with Crippen molar-refractivity contribution < 1.29 is 14.3 Å². The number of fused-ring (bicyclic) bond motifs is 1. The number of ether oxygens (including phenoxy) is 1. The minimum absolute atomic E-state index is 0.304. The van der Waals surface area contributed by atoms with Gasteiger partial charge in [0.15, 0.2) is 11.8 Å². The van der Waals surface area contributed by atoms with Gasteiger partial charge in [-0.3, -0.25) is 23.6 Å². The molecular formula is C18H19N5O4. The number of hydrogen-bond donors (Lipinski definition) is 1. The molecule has 1 amide bonds. The normalized spacial score (nSPS) is 12.0. The summed E-state index contributed by atoms with van der Waals surface area (Å²) in [5, 5.41) is 6.94. The van der Waals surface area contributed by atoms with Crippen LogP contribution >= 0.6 is 0 Å². The molecular weight excluding hydrogens is 350 g/mol. The zero-order valence-corrected chi connectivity index (χ0v) is 15.2. The lowest BCUT2D eigenvalue weighted by molar-refractivity contribution is -0.153. The number of nitrogens with zero attached hydrogens (tertiary/aromatic N) is 4. The van der Waals surface area contributed by atoms with Crippen molar-refractivity contribution in [3.8, 4) is 0 Å². The Morgan fingerprint density at radius 1 is 1.26 bits per heavy atom. The third-order valence-electron chi connectivity index (χ3n) is 4.01. The van der Waals surface area contributed by atoms with E-state index in [0.29, 0.717) is 16.7 Å². The van der Waals surface area contributed by atoms with Crippen molar-refractivity contribution in [2.75, 3.05) is 5.32 Å². The first kappa shape index (κ1) is 18.3. The fourth-order valence-corrected chi connectivity index (χ4v) is 2.49. The van der Waals surface area contributed by atoms with Crippen molar-refractivity contribution in [3.63, 3.8) is 0 Å². The number of hydrogen-bond acceptors (Lipinski definition) is 6. The van der Waals surface area contributed by atoms with E-state index < -0.39 is 23.5 Å². The van der Waals surface area contributed by atoms with Gasteiger partial charge in [-0.2, -0.15) is 5.10 Å². The molecule has 0 unspecified atom stereocenters. The number of aromatic nitrogens is 4. The standard InChI is InChI=1S/C18H19N5O4/c1-11-4-6-13(7-5-11)21-17(25)12(2)27-15(24)9-23-10-19-16-14(18(23)26)8-20-22(16)3/h4-8,10,12H,9H2,1-3H3,(H,21,25)/t12-/m0/s1. The van der Waals surface area contributed by atoms with Crippen LogP contribution in [0.2, 0.25) is 0 Å². The number of aryl methyl sites for hydroxylation is 2. The minimum atomic E-state index is -1.01. The Morgan fingerprint density at radius 3 is 2.67 bits per heavy atom. The molecule has 2 heterocycles. The van der Waals surface area contributed by atoms with Crippen molar-refractivity contribution in [3.05, 3.63) is 52.7 Å². The maximum atomic E-state index is 12.3. The summed E-state index contributed by atoms with van der Waals surface area (Å²) in [6, 6.07) is 7.24. The van der Waals surface area contributed by atoms with Gasteiger partial charge in [0.25, 0.3) is 11.5 Å². The lowest BCUT2D eigenvalue weighted by Crippen LogP contribution is -2.33. The van der Waals surface area contributed by atoms with Gasteiger partial charge < -0.3 is 10.1 Å². The van der Waals surface area contributed by atoms with Crippen LogP contribution in [0.3, 0.4) is 0 Å². The number of anilines is 1. The van der Waals surface area contributed by atoms with Gasteiger partial charge in [0, 0.05) is 12.7 Å². The van der Waals surface area contributed by atoms with E-state index in [1.807, 2.05) is 19.1 Å². The summed E-state index contributed by atoms with van der Waals surface area (Å²) in [4.78, 5) is 40.7. The van der Waals surface area contributed by atoms with E-state index in [2.05, 4.69) is 15.4 Å². The first-order valence-corrected chi connectivity index (χ1v) is 8.29. The Morgan fingerprint density at radius 2 is 1.96 bits per heavy atom. The predicted molar refractivity (Wildman–Crippen MR) is 98.1 cm³/mol. The van der Waals surface area contributed by atoms with Gasteiger partial charge >= 0.3 is 5.97 Å². The van der Waals surface area contributed by atoms with Crippen LogP contribution in [0.5, 0.6) is 0 Å². The van der Waals surface area contributed by atoms with Crippen LogP contribution in [-0.4, -0.2) is 37.3 Å². The molecule has 0 fully saturated rings. The monoisotopic (exact) mass is 369 g/mol. The van der Waals surface area contributed by atoms with Crippen LogP contribution in [-0.2, 0) is 27.9 Å². The van der Waals surface area contributed by atoms with Gasteiger partial charge in [-0.15, -0.1) is 0 Å². The number of benzene rings is 1. The smallest absolute Gasteiger partial charge is 0.326 e. The molecule has 1 atom stereocenters. The summed E-state index contributed by atoms with van der Waals surface area (Å²) >= 11 is 0. The maximum absolute atomic E-state index is 12.3. The Balaban J connectivity index is 1.63. The van der Waals surface area contributed by atoms with Crippen LogP contribution in [0, 0.1) is 6.92 Å². The van der Waals surface area contributed by atoms with Crippen molar-refractivity contribution in [1.29, 1.82) is 0 Å². The summed E-state index contributed by atoms with van der Waals surface area (Å²) in [5.41, 5.74) is 1.70. The first-order valence-electron chi connectivity index (χ1n) is 8.29. The molecule has 0 aliphatic carbocycles. The van der Waals surface area contributed by atoms with Crippen LogP contribution in [0.4, 0.5) is 5.69 Å². The van der Waals surface area contributed by atoms with E-state index in [0.717, 1.165) is 10.1 Å². The molecule has 0 aliphatic heterocycles. The second-order valence-electron chi connectivity index (χ2n) is 6.17. The largest absolute Gasteiger partial charge is 0.451 e. The third kappa shape index (κ3) is 4.02. The highest BCUT2D eigenvalue weighted by Crippen LogP contribution is 2.10. The Labute approximate surface area is 154 Å². The van der Waals surface area contributed by atoms with Crippen molar-refractivity contribution in [2.24, 2.45) is 7.05 Å². The molecule has 3 aromatic rings. The molecule has 0 saturated heterocycles. The second-order valence-corrected chi connectivity index (χ2v) is 6.17. The molecule has 0 spiro atoms. The molecule has 1 aromatic carbocycles. The molecule has 0 bridgehead atoms. The zero-order chi connectivity index (χ0) is 19.6. The van der Waals surface area contributed by atoms with Gasteiger partial charge in [-0.25, -0.2) is 4.98 Å². The second kappa shape index (κ2) is 7.40. The van der Waals surface area contributed by atoms with E-state index in [1.54, 1.807) is 19.2 Å². The van der Waals surface area contributed by atoms with Crippen molar-refractivity contribution in [2.45, 2.75) is 26.5 Å². The first-order chi connectivity index (χ1) is 12.8. The topological polar surface area (TPSA) is 108 Å². The number of carbonyl (C=O) groups excluding carboxylic acids is 2. The average Bonchev–Trinajstić information content (AvgIpc) is 3.01. The Kier molecular flexibility index (Phi) is 5.02. The molecule has 0 aliphatic rings. The molecule has 9 nitrogen and oxygen atoms in total. The van der Waals surface area contributed by atoms with Gasteiger partial charge in [0.05, 0.1) is 6.20 Å². The van der Waals surface area contributed by atoms with Gasteiger partial charge in [0.1, 0.15) is 18.3 Å². The predicted octanol–water partition coefficient (Wildman–Crippen LogP) is 1.01. The summed E-state index contributed by atoms with van der Waals surface area (Å²) in [6.07, 6.45) is 1.64. The van der Waals surface area contributed by atoms with Crippen LogP contribution in [0.1, 0.15) is 12.5 Å². The molecule has 3 rings (SSSR count). The highest BCUT2D eigenvalue weighted by molar-refractivity contribution is 5.95. The fraction of sp³-hybridized carbons (Fsp3) is 0.278.